The Morgan fingerprint density at radius 3 is 2.82 bits per heavy atom. The number of benzene rings is 1. The third kappa shape index (κ3) is 4.45. The highest BCUT2D eigenvalue weighted by Gasteiger charge is 2.42. The maximum atomic E-state index is 15.0. The fraction of sp³-hybridized carbons (Fsp3) is 0.444. The highest BCUT2D eigenvalue weighted by Crippen LogP contribution is 2.47. The summed E-state index contributed by atoms with van der Waals surface area (Å²) in [7, 11) is 1.65. The first-order valence-corrected chi connectivity index (χ1v) is 12.9. The van der Waals surface area contributed by atoms with E-state index >= 15 is 0 Å². The Labute approximate surface area is 225 Å². The van der Waals surface area contributed by atoms with Gasteiger partial charge >= 0.3 is 0 Å². The number of hydrogen-bond donors (Lipinski definition) is 1. The molecule has 3 atom stereocenters. The van der Waals surface area contributed by atoms with E-state index in [1.165, 1.54) is 24.3 Å². The van der Waals surface area contributed by atoms with Crippen LogP contribution in [-0.2, 0) is 9.53 Å². The minimum Gasteiger partial charge on any atom is -0.507 e. The molecule has 1 N–H and O–H groups in total. The van der Waals surface area contributed by atoms with Crippen LogP contribution >= 0.6 is 11.6 Å². The second-order valence-electron chi connectivity index (χ2n) is 9.95. The molecule has 1 aromatic heterocycles. The van der Waals surface area contributed by atoms with Gasteiger partial charge in [-0.05, 0) is 31.6 Å². The fourth-order valence-electron chi connectivity index (χ4n) is 5.69. The molecule has 2 unspecified atom stereocenters. The second-order valence-corrected chi connectivity index (χ2v) is 10.3. The summed E-state index contributed by atoms with van der Waals surface area (Å²) in [4.78, 5) is 36.4. The first-order valence-electron chi connectivity index (χ1n) is 12.6. The zero-order chi connectivity index (χ0) is 27.1. The maximum Gasteiger partial charge on any atom is 0.261 e. The van der Waals surface area contributed by atoms with Crippen LogP contribution in [0.3, 0.4) is 0 Å². The Bertz CT molecular complexity index is 1270. The van der Waals surface area contributed by atoms with Crippen LogP contribution in [0.25, 0.3) is 11.3 Å². The predicted octanol–water partition coefficient (Wildman–Crippen LogP) is 3.34. The monoisotopic (exact) mass is 544 g/mol. The van der Waals surface area contributed by atoms with Crippen LogP contribution in [0, 0.1) is 11.7 Å². The van der Waals surface area contributed by atoms with Crippen molar-refractivity contribution in [1.82, 2.24) is 14.8 Å². The zero-order valence-corrected chi connectivity index (χ0v) is 22.1. The highest BCUT2D eigenvalue weighted by atomic mass is 35.5. The number of pyridine rings is 1. The molecule has 0 bridgehead atoms. The van der Waals surface area contributed by atoms with Gasteiger partial charge < -0.3 is 29.3 Å². The lowest BCUT2D eigenvalue weighted by molar-refractivity contribution is -0.128. The fourth-order valence-corrected chi connectivity index (χ4v) is 5.98. The first-order chi connectivity index (χ1) is 18.2. The summed E-state index contributed by atoms with van der Waals surface area (Å²) >= 11 is 6.78. The van der Waals surface area contributed by atoms with Crippen molar-refractivity contribution in [1.29, 1.82) is 0 Å². The van der Waals surface area contributed by atoms with Gasteiger partial charge in [-0.1, -0.05) is 24.2 Å². The summed E-state index contributed by atoms with van der Waals surface area (Å²) in [5, 5.41) is 10.5. The molecule has 0 saturated carbocycles. The Kier molecular flexibility index (Phi) is 7.19. The summed E-state index contributed by atoms with van der Waals surface area (Å²) in [5.74, 6) is -0.936. The number of amides is 2. The summed E-state index contributed by atoms with van der Waals surface area (Å²) in [6, 6.07) is 3.54. The largest absolute Gasteiger partial charge is 0.507 e. The molecule has 0 radical (unpaired) electrons. The molecule has 0 spiro atoms. The molecule has 2 amide bonds. The highest BCUT2D eigenvalue weighted by molar-refractivity contribution is 6.35. The smallest absolute Gasteiger partial charge is 0.261 e. The average Bonchev–Trinajstić information content (AvgIpc) is 3.19. The third-order valence-corrected chi connectivity index (χ3v) is 7.85. The SMILES string of the molecule is C=CC(=O)N1CCN2C(=O)c3c(N4CC(COC)C[C@@H]4C)nc(-c4c(O)cccc4F)c(Cl)c3OCC2C1. The van der Waals surface area contributed by atoms with Crippen molar-refractivity contribution in [2.45, 2.75) is 25.4 Å². The zero-order valence-electron chi connectivity index (χ0n) is 21.3. The quantitative estimate of drug-likeness (QED) is 0.577. The number of aromatic nitrogens is 1. The van der Waals surface area contributed by atoms with Gasteiger partial charge in [-0.3, -0.25) is 9.59 Å². The number of hydrogen-bond acceptors (Lipinski definition) is 7. The number of fused-ring (bicyclic) bond motifs is 2. The molecule has 3 aliphatic rings. The number of anilines is 1. The van der Waals surface area contributed by atoms with Crippen LogP contribution in [0.15, 0.2) is 30.9 Å². The first kappa shape index (κ1) is 26.2. The van der Waals surface area contributed by atoms with E-state index in [9.17, 15) is 19.1 Å². The summed E-state index contributed by atoms with van der Waals surface area (Å²) in [5.41, 5.74) is 0.0302. The Balaban J connectivity index is 1.66. The molecule has 5 rings (SSSR count). The third-order valence-electron chi connectivity index (χ3n) is 7.50. The second kappa shape index (κ2) is 10.4. The number of carbonyl (C=O) groups excluding carboxylic acids is 2. The molecular weight excluding hydrogens is 515 g/mol. The van der Waals surface area contributed by atoms with Gasteiger partial charge in [0, 0.05) is 45.2 Å². The molecule has 0 aliphatic carbocycles. The van der Waals surface area contributed by atoms with Gasteiger partial charge in [-0.25, -0.2) is 9.37 Å². The number of carbonyl (C=O) groups is 2. The van der Waals surface area contributed by atoms with Crippen molar-refractivity contribution in [2.75, 3.05) is 51.4 Å². The molecule has 4 heterocycles. The van der Waals surface area contributed by atoms with Gasteiger partial charge in [-0.15, -0.1) is 0 Å². The van der Waals surface area contributed by atoms with Crippen LogP contribution in [-0.4, -0.2) is 90.3 Å². The molecule has 3 aliphatic heterocycles. The summed E-state index contributed by atoms with van der Waals surface area (Å²) < 4.78 is 26.6. The number of phenolic OH excluding ortho intramolecular Hbond substituents is 1. The van der Waals surface area contributed by atoms with E-state index in [4.69, 9.17) is 26.1 Å². The summed E-state index contributed by atoms with van der Waals surface area (Å²) in [6.07, 6.45) is 2.06. The van der Waals surface area contributed by atoms with Crippen molar-refractivity contribution in [2.24, 2.45) is 5.92 Å². The van der Waals surface area contributed by atoms with E-state index in [-0.39, 0.29) is 70.3 Å². The van der Waals surface area contributed by atoms with Crippen molar-refractivity contribution in [3.63, 3.8) is 0 Å². The number of halogens is 2. The van der Waals surface area contributed by atoms with Crippen molar-refractivity contribution in [3.8, 4) is 22.8 Å². The topological polar surface area (TPSA) is 95.4 Å². The lowest BCUT2D eigenvalue weighted by Gasteiger charge is -2.39. The van der Waals surface area contributed by atoms with E-state index in [2.05, 4.69) is 6.58 Å². The van der Waals surface area contributed by atoms with E-state index in [0.717, 1.165) is 6.42 Å². The van der Waals surface area contributed by atoms with Crippen LogP contribution < -0.4 is 9.64 Å². The van der Waals surface area contributed by atoms with E-state index < -0.39 is 11.9 Å². The van der Waals surface area contributed by atoms with Crippen LogP contribution in [0.1, 0.15) is 23.7 Å². The van der Waals surface area contributed by atoms with Gasteiger partial charge in [0.1, 0.15) is 40.3 Å². The number of ether oxygens (including phenoxy) is 2. The van der Waals surface area contributed by atoms with Crippen molar-refractivity contribution < 1.29 is 28.6 Å². The standard InChI is InChI=1S/C27H30ClFN4O5/c1-4-20(35)31-8-9-32-17(12-31)14-38-25-22(27(32)36)26(33-11-16(13-37-3)10-15(33)2)30-24(23(25)28)21-18(29)6-5-7-19(21)34/h4-7,15-17,34H,1,8-14H2,2-3H3/t15-,16?,17?/m0/s1. The van der Waals surface area contributed by atoms with E-state index in [0.29, 0.717) is 32.1 Å². The van der Waals surface area contributed by atoms with Crippen LogP contribution in [0.2, 0.25) is 5.02 Å². The number of nitrogens with zero attached hydrogens (tertiary/aromatic N) is 4. The van der Waals surface area contributed by atoms with E-state index in [1.807, 2.05) is 11.8 Å². The number of piperazine rings is 1. The van der Waals surface area contributed by atoms with Gasteiger partial charge in [0.25, 0.3) is 5.91 Å². The number of methoxy groups -OCH3 is 1. The lowest BCUT2D eigenvalue weighted by atomic mass is 10.0. The Morgan fingerprint density at radius 1 is 1.32 bits per heavy atom. The molecule has 38 heavy (non-hydrogen) atoms. The lowest BCUT2D eigenvalue weighted by Crippen LogP contribution is -2.57. The Hall–Kier alpha value is -3.37. The molecule has 11 heteroatoms. The molecule has 1 aromatic carbocycles. The van der Waals surface area contributed by atoms with Gasteiger partial charge in [0.15, 0.2) is 5.75 Å². The Morgan fingerprint density at radius 2 is 2.11 bits per heavy atom. The number of phenols is 1. The molecule has 202 valence electrons. The average molecular weight is 545 g/mol. The van der Waals surface area contributed by atoms with Gasteiger partial charge in [0.2, 0.25) is 5.91 Å². The van der Waals surface area contributed by atoms with Crippen LogP contribution in [0.4, 0.5) is 10.2 Å². The maximum absolute atomic E-state index is 15.0. The van der Waals surface area contributed by atoms with Gasteiger partial charge in [-0.2, -0.15) is 0 Å². The van der Waals surface area contributed by atoms with Crippen LogP contribution in [0.5, 0.6) is 11.5 Å². The number of aromatic hydroxyl groups is 1. The molecule has 2 aromatic rings. The molecule has 2 fully saturated rings. The normalized spacial score (nSPS) is 23.0. The molecule has 9 nitrogen and oxygen atoms in total. The van der Waals surface area contributed by atoms with Crippen molar-refractivity contribution in [3.05, 3.63) is 47.3 Å². The minimum absolute atomic E-state index is 0.00361. The minimum atomic E-state index is -0.701. The summed E-state index contributed by atoms with van der Waals surface area (Å²) in [6.45, 7) is 7.72. The molecule has 2 saturated heterocycles. The number of rotatable bonds is 5. The van der Waals surface area contributed by atoms with E-state index in [1.54, 1.807) is 16.9 Å². The van der Waals surface area contributed by atoms with Crippen molar-refractivity contribution >= 4 is 29.2 Å². The van der Waals surface area contributed by atoms with Gasteiger partial charge in [0.05, 0.1) is 18.2 Å². The predicted molar refractivity (Wildman–Crippen MR) is 140 cm³/mol. The molecular formula is C27H30ClFN4O5.